The summed E-state index contributed by atoms with van der Waals surface area (Å²) >= 11 is 5.81. The van der Waals surface area contributed by atoms with Gasteiger partial charge in [-0.2, -0.15) is 24.4 Å². The summed E-state index contributed by atoms with van der Waals surface area (Å²) in [6.07, 6.45) is 2.03. The first kappa shape index (κ1) is 11.6. The highest BCUT2D eigenvalue weighted by atomic mass is 32.2. The van der Waals surface area contributed by atoms with Crippen LogP contribution in [-0.2, 0) is 0 Å². The van der Waals surface area contributed by atoms with E-state index in [-0.39, 0.29) is 5.65 Å². The number of nitrogens with zero attached hydrogens (tertiary/aromatic N) is 1. The molecular weight excluding hydrogens is 197 g/mol. The van der Waals surface area contributed by atoms with Crippen molar-refractivity contribution in [2.45, 2.75) is 0 Å². The molecule has 0 aromatic heterocycles. The fraction of sp³-hybridized carbons (Fsp3) is 0.833. The summed E-state index contributed by atoms with van der Waals surface area (Å²) in [4.78, 5) is 12.7. The monoisotopic (exact) mass is 211 g/mol. The van der Waals surface area contributed by atoms with Crippen molar-refractivity contribution in [2.24, 2.45) is 0 Å². The summed E-state index contributed by atoms with van der Waals surface area (Å²) in [6, 6.07) is 0. The number of thiol groups is 1. The summed E-state index contributed by atoms with van der Waals surface area (Å²) in [5, 5.41) is 0. The Hall–Kier alpha value is 0.600. The summed E-state index contributed by atoms with van der Waals surface area (Å²) in [5.74, 6) is 1.72. The van der Waals surface area contributed by atoms with Gasteiger partial charge in [-0.3, -0.25) is 4.79 Å². The van der Waals surface area contributed by atoms with E-state index in [1.165, 1.54) is 0 Å². The average Bonchev–Trinajstić information content (AvgIpc) is 1.97. The van der Waals surface area contributed by atoms with Crippen LogP contribution in [0.1, 0.15) is 0 Å². The molecule has 0 heterocycles. The van der Waals surface area contributed by atoms with Gasteiger partial charge in [0.2, 0.25) is 5.65 Å². The lowest BCUT2D eigenvalue weighted by atomic mass is 10.6. The van der Waals surface area contributed by atoms with Crippen LogP contribution in [0.25, 0.3) is 0 Å². The normalized spacial score (nSPS) is 9.73. The van der Waals surface area contributed by atoms with Crippen molar-refractivity contribution in [1.82, 2.24) is 4.90 Å². The topological polar surface area (TPSA) is 20.3 Å². The molecule has 0 aliphatic rings. The number of rotatable bonds is 5. The smallest absolute Gasteiger partial charge is 0.237 e. The second kappa shape index (κ2) is 7.26. The maximum atomic E-state index is 10.9. The van der Waals surface area contributed by atoms with E-state index >= 15 is 0 Å². The van der Waals surface area contributed by atoms with Crippen molar-refractivity contribution in [3.63, 3.8) is 0 Å². The maximum absolute atomic E-state index is 10.9. The van der Waals surface area contributed by atoms with Crippen molar-refractivity contribution in [2.75, 3.05) is 30.9 Å². The van der Waals surface area contributed by atoms with Gasteiger partial charge in [0.15, 0.2) is 0 Å². The fourth-order valence-electron chi connectivity index (χ4n) is 0.654. The third-order valence-electron chi connectivity index (χ3n) is 1.25. The molecule has 0 aliphatic heterocycles. The minimum atomic E-state index is 0.0631. The maximum Gasteiger partial charge on any atom is 0.237 e. The van der Waals surface area contributed by atoms with Crippen molar-refractivity contribution in [3.05, 3.63) is 0 Å². The minimum Gasteiger partial charge on any atom is -0.338 e. The van der Waals surface area contributed by atoms with Crippen LogP contribution in [0.15, 0.2) is 0 Å². The van der Waals surface area contributed by atoms with E-state index in [1.54, 1.807) is 16.7 Å². The van der Waals surface area contributed by atoms with Crippen LogP contribution in [0.5, 0.6) is 0 Å². The zero-order valence-electron chi connectivity index (χ0n) is 6.62. The molecule has 1 unspecified atom stereocenters. The van der Waals surface area contributed by atoms with Gasteiger partial charge in [0.25, 0.3) is 0 Å². The molecule has 0 radical (unpaired) electrons. The molecule has 66 valence electrons. The van der Waals surface area contributed by atoms with Gasteiger partial charge in [0.1, 0.15) is 0 Å². The van der Waals surface area contributed by atoms with Crippen LogP contribution < -0.4 is 0 Å². The van der Waals surface area contributed by atoms with E-state index in [0.29, 0.717) is 0 Å². The lowest BCUT2D eigenvalue weighted by Crippen LogP contribution is -2.30. The standard InChI is InChI=1S/C6H14NOPS2/c1-11-5-3-7(2-4-10)6(8)9/h10H,2-5,9H2,1H3. The highest BCUT2D eigenvalue weighted by Crippen LogP contribution is 2.02. The zero-order chi connectivity index (χ0) is 8.69. The zero-order valence-corrected chi connectivity index (χ0v) is 9.48. The highest BCUT2D eigenvalue weighted by Gasteiger charge is 2.05. The third-order valence-corrected chi connectivity index (χ3v) is 2.40. The second-order valence-corrected chi connectivity index (χ2v) is 3.97. The van der Waals surface area contributed by atoms with E-state index in [9.17, 15) is 4.79 Å². The molecule has 1 amide bonds. The number of hydrogen-bond acceptors (Lipinski definition) is 3. The summed E-state index contributed by atoms with van der Waals surface area (Å²) in [7, 11) is 2.19. The van der Waals surface area contributed by atoms with Gasteiger partial charge < -0.3 is 4.90 Å². The lowest BCUT2D eigenvalue weighted by molar-refractivity contribution is 0.229. The fourth-order valence-corrected chi connectivity index (χ4v) is 1.56. The minimum absolute atomic E-state index is 0.0631. The Morgan fingerprint density at radius 3 is 2.64 bits per heavy atom. The van der Waals surface area contributed by atoms with Crippen LogP contribution in [0.4, 0.5) is 4.79 Å². The molecule has 1 atom stereocenters. The molecule has 0 saturated heterocycles. The van der Waals surface area contributed by atoms with Crippen molar-refractivity contribution in [1.29, 1.82) is 0 Å². The SMILES string of the molecule is CSCCN(CCS)C(=O)P. The van der Waals surface area contributed by atoms with Crippen molar-refractivity contribution in [3.8, 4) is 0 Å². The van der Waals surface area contributed by atoms with E-state index in [0.717, 1.165) is 24.6 Å². The van der Waals surface area contributed by atoms with Crippen LogP contribution in [0, 0.1) is 0 Å². The molecular formula is C6H14NOPS2. The van der Waals surface area contributed by atoms with Crippen LogP contribution in [-0.4, -0.2) is 41.4 Å². The first-order valence-corrected chi connectivity index (χ1v) is 5.97. The molecule has 0 spiro atoms. The molecule has 11 heavy (non-hydrogen) atoms. The molecule has 0 rings (SSSR count). The number of carbonyl (C=O) groups excluding carboxylic acids is 1. The van der Waals surface area contributed by atoms with E-state index < -0.39 is 0 Å². The van der Waals surface area contributed by atoms with E-state index in [1.807, 2.05) is 6.26 Å². The van der Waals surface area contributed by atoms with Gasteiger partial charge in [-0.05, 0) is 15.5 Å². The van der Waals surface area contributed by atoms with Gasteiger partial charge in [0, 0.05) is 24.6 Å². The number of carbonyl (C=O) groups is 1. The molecule has 5 heteroatoms. The van der Waals surface area contributed by atoms with Crippen LogP contribution in [0.2, 0.25) is 0 Å². The predicted molar refractivity (Wildman–Crippen MR) is 58.9 cm³/mol. The molecule has 0 fully saturated rings. The second-order valence-electron chi connectivity index (χ2n) is 2.04. The Balaban J connectivity index is 3.60. The van der Waals surface area contributed by atoms with Crippen molar-refractivity contribution >= 4 is 39.3 Å². The van der Waals surface area contributed by atoms with E-state index in [4.69, 9.17) is 0 Å². The molecule has 0 aromatic rings. The van der Waals surface area contributed by atoms with Gasteiger partial charge in [-0.25, -0.2) is 0 Å². The molecule has 0 aliphatic carbocycles. The summed E-state index contributed by atoms with van der Waals surface area (Å²) in [5.41, 5.74) is 0.0631. The number of hydrogen-bond donors (Lipinski definition) is 1. The predicted octanol–water partition coefficient (Wildman–Crippen LogP) is 1.58. The summed E-state index contributed by atoms with van der Waals surface area (Å²) in [6.45, 7) is 1.57. The van der Waals surface area contributed by atoms with Crippen LogP contribution >= 0.6 is 33.6 Å². The number of thioether (sulfide) groups is 1. The first-order valence-electron chi connectivity index (χ1n) is 3.36. The lowest BCUT2D eigenvalue weighted by Gasteiger charge is -2.18. The Labute approximate surface area is 80.1 Å². The average molecular weight is 211 g/mol. The summed E-state index contributed by atoms with van der Waals surface area (Å²) < 4.78 is 0. The Morgan fingerprint density at radius 1 is 1.64 bits per heavy atom. The van der Waals surface area contributed by atoms with Gasteiger partial charge in [-0.1, -0.05) is 0 Å². The van der Waals surface area contributed by atoms with Gasteiger partial charge in [-0.15, -0.1) is 0 Å². The van der Waals surface area contributed by atoms with Gasteiger partial charge >= 0.3 is 0 Å². The molecule has 2 nitrogen and oxygen atoms in total. The molecule has 0 bridgehead atoms. The molecule has 0 aromatic carbocycles. The third kappa shape index (κ3) is 5.83. The largest absolute Gasteiger partial charge is 0.338 e. The molecule has 0 N–H and O–H groups in total. The Morgan fingerprint density at radius 2 is 2.27 bits per heavy atom. The highest BCUT2D eigenvalue weighted by molar-refractivity contribution is 7.98. The van der Waals surface area contributed by atoms with Gasteiger partial charge in [0.05, 0.1) is 0 Å². The quantitative estimate of drug-likeness (QED) is 0.550. The Kier molecular flexibility index (Phi) is 7.66. The van der Waals surface area contributed by atoms with E-state index in [2.05, 4.69) is 21.9 Å². The van der Waals surface area contributed by atoms with Crippen LogP contribution in [0.3, 0.4) is 0 Å². The van der Waals surface area contributed by atoms with Crippen molar-refractivity contribution < 1.29 is 4.79 Å². The number of amides is 1. The Bertz CT molecular complexity index is 123. The first-order chi connectivity index (χ1) is 5.22. The molecule has 0 saturated carbocycles.